The van der Waals surface area contributed by atoms with Crippen molar-refractivity contribution in [1.29, 1.82) is 0 Å². The largest absolute Gasteiger partial charge is 0.478 e. The first kappa shape index (κ1) is 19.9. The molecule has 2 aromatic carbocycles. The molecule has 1 saturated carbocycles. The number of nitrogens with zero attached hydrogens (tertiary/aromatic N) is 1. The quantitative estimate of drug-likeness (QED) is 0.466. The third kappa shape index (κ3) is 4.16. The van der Waals surface area contributed by atoms with Gasteiger partial charge in [0.25, 0.3) is 0 Å². The van der Waals surface area contributed by atoms with Crippen LogP contribution in [0.1, 0.15) is 47.5 Å². The standard InChI is InChI=1S/C22H19Cl2FN2O2/c23-13-3-7-19-16(9-13)21(18(11-26-19)12-1-5-15(25)6-2-12)27-20-8-4-14(24)10-17(20)22(28)29/h3-4,7-12,15H,1-2,5-6H2,(H,26,27)(H,28,29). The third-order valence-corrected chi connectivity index (χ3v) is 5.90. The number of carbonyl (C=O) groups is 1. The maximum Gasteiger partial charge on any atom is 0.337 e. The maximum atomic E-state index is 13.7. The number of carboxylic acid groups (broad SMARTS) is 1. The molecule has 0 amide bonds. The van der Waals surface area contributed by atoms with Crippen molar-refractivity contribution in [3.63, 3.8) is 0 Å². The lowest BCUT2D eigenvalue weighted by Gasteiger charge is -2.27. The summed E-state index contributed by atoms with van der Waals surface area (Å²) in [5, 5.41) is 14.6. The number of anilines is 2. The molecular formula is C22H19Cl2FN2O2. The number of benzene rings is 2. The number of hydrogen-bond acceptors (Lipinski definition) is 3. The van der Waals surface area contributed by atoms with Crippen molar-refractivity contribution in [3.8, 4) is 0 Å². The lowest BCUT2D eigenvalue weighted by Crippen LogP contribution is -2.15. The van der Waals surface area contributed by atoms with Gasteiger partial charge in [-0.25, -0.2) is 9.18 Å². The first-order valence-electron chi connectivity index (χ1n) is 9.44. The van der Waals surface area contributed by atoms with Crippen molar-refractivity contribution in [2.45, 2.75) is 37.8 Å². The summed E-state index contributed by atoms with van der Waals surface area (Å²) >= 11 is 12.2. The fraction of sp³-hybridized carbons (Fsp3) is 0.273. The predicted molar refractivity (Wildman–Crippen MR) is 115 cm³/mol. The van der Waals surface area contributed by atoms with E-state index in [9.17, 15) is 14.3 Å². The number of nitrogens with one attached hydrogen (secondary N) is 1. The second kappa shape index (κ2) is 8.17. The topological polar surface area (TPSA) is 62.2 Å². The van der Waals surface area contributed by atoms with Crippen LogP contribution in [0.2, 0.25) is 10.0 Å². The molecule has 7 heteroatoms. The summed E-state index contributed by atoms with van der Waals surface area (Å²) in [4.78, 5) is 16.3. The molecule has 1 fully saturated rings. The smallest absolute Gasteiger partial charge is 0.337 e. The van der Waals surface area contributed by atoms with Crippen molar-refractivity contribution < 1.29 is 14.3 Å². The van der Waals surface area contributed by atoms with E-state index in [0.29, 0.717) is 28.6 Å². The van der Waals surface area contributed by atoms with Gasteiger partial charge in [-0.05, 0) is 73.6 Å². The summed E-state index contributed by atoms with van der Waals surface area (Å²) < 4.78 is 13.7. The lowest BCUT2D eigenvalue weighted by molar-refractivity contribution is 0.0698. The van der Waals surface area contributed by atoms with Crippen LogP contribution in [0.25, 0.3) is 10.9 Å². The van der Waals surface area contributed by atoms with E-state index in [1.807, 2.05) is 12.1 Å². The summed E-state index contributed by atoms with van der Waals surface area (Å²) in [5.41, 5.74) is 2.94. The van der Waals surface area contributed by atoms with Gasteiger partial charge in [-0.1, -0.05) is 23.2 Å². The molecule has 0 aliphatic heterocycles. The van der Waals surface area contributed by atoms with Gasteiger partial charge in [-0.3, -0.25) is 4.98 Å². The van der Waals surface area contributed by atoms with E-state index in [1.54, 1.807) is 24.4 Å². The molecule has 0 spiro atoms. The number of carboxylic acids is 1. The number of rotatable bonds is 4. The van der Waals surface area contributed by atoms with E-state index < -0.39 is 12.1 Å². The summed E-state index contributed by atoms with van der Waals surface area (Å²) in [6.07, 6.45) is 3.50. The van der Waals surface area contributed by atoms with Gasteiger partial charge in [-0.15, -0.1) is 0 Å². The van der Waals surface area contributed by atoms with Crippen LogP contribution in [0, 0.1) is 0 Å². The monoisotopic (exact) mass is 432 g/mol. The highest BCUT2D eigenvalue weighted by molar-refractivity contribution is 6.31. The zero-order valence-corrected chi connectivity index (χ0v) is 17.0. The van der Waals surface area contributed by atoms with E-state index in [4.69, 9.17) is 23.2 Å². The third-order valence-electron chi connectivity index (χ3n) is 5.43. The fourth-order valence-electron chi connectivity index (χ4n) is 3.93. The Morgan fingerprint density at radius 1 is 1.07 bits per heavy atom. The molecule has 0 unspecified atom stereocenters. The minimum Gasteiger partial charge on any atom is -0.478 e. The van der Waals surface area contributed by atoms with Crippen molar-refractivity contribution in [1.82, 2.24) is 4.98 Å². The molecule has 1 aromatic heterocycles. The SMILES string of the molecule is O=C(O)c1cc(Cl)ccc1Nc1c(C2CCC(F)CC2)cnc2ccc(Cl)cc12. The summed E-state index contributed by atoms with van der Waals surface area (Å²) in [7, 11) is 0. The molecule has 0 atom stereocenters. The molecule has 1 aliphatic rings. The number of pyridine rings is 1. The van der Waals surface area contributed by atoms with Crippen LogP contribution in [0.15, 0.2) is 42.6 Å². The minimum absolute atomic E-state index is 0.0721. The average molecular weight is 433 g/mol. The van der Waals surface area contributed by atoms with Crippen molar-refractivity contribution in [2.75, 3.05) is 5.32 Å². The second-order valence-electron chi connectivity index (χ2n) is 7.32. The Morgan fingerprint density at radius 3 is 2.48 bits per heavy atom. The number of alkyl halides is 1. The van der Waals surface area contributed by atoms with Crippen molar-refractivity contribution in [2.24, 2.45) is 0 Å². The van der Waals surface area contributed by atoms with E-state index in [2.05, 4.69) is 10.3 Å². The Bertz CT molecular complexity index is 1080. The summed E-state index contributed by atoms with van der Waals surface area (Å²) in [5.74, 6) is -0.938. The van der Waals surface area contributed by atoms with Gasteiger partial charge in [0.15, 0.2) is 0 Å². The fourth-order valence-corrected chi connectivity index (χ4v) is 4.27. The maximum absolute atomic E-state index is 13.7. The highest BCUT2D eigenvalue weighted by Crippen LogP contribution is 2.41. The Balaban J connectivity index is 1.86. The summed E-state index contributed by atoms with van der Waals surface area (Å²) in [6.45, 7) is 0. The predicted octanol–water partition coefficient (Wildman–Crippen LogP) is 6.98. The molecule has 3 aromatic rings. The van der Waals surface area contributed by atoms with Crippen LogP contribution in [0.3, 0.4) is 0 Å². The van der Waals surface area contributed by atoms with Crippen LogP contribution in [-0.4, -0.2) is 22.2 Å². The van der Waals surface area contributed by atoms with Crippen LogP contribution < -0.4 is 5.32 Å². The minimum atomic E-state index is -1.08. The van der Waals surface area contributed by atoms with Crippen molar-refractivity contribution in [3.05, 3.63) is 63.8 Å². The molecule has 2 N–H and O–H groups in total. The van der Waals surface area contributed by atoms with Crippen LogP contribution in [0.4, 0.5) is 15.8 Å². The second-order valence-corrected chi connectivity index (χ2v) is 8.19. The number of hydrogen-bond donors (Lipinski definition) is 2. The normalized spacial score (nSPS) is 19.3. The molecule has 0 saturated heterocycles. The van der Waals surface area contributed by atoms with E-state index >= 15 is 0 Å². The van der Waals surface area contributed by atoms with Gasteiger partial charge >= 0.3 is 5.97 Å². The van der Waals surface area contributed by atoms with E-state index in [-0.39, 0.29) is 11.5 Å². The number of aromatic carboxylic acids is 1. The first-order chi connectivity index (χ1) is 13.9. The Morgan fingerprint density at radius 2 is 1.76 bits per heavy atom. The molecule has 4 rings (SSSR count). The number of aromatic nitrogens is 1. The van der Waals surface area contributed by atoms with Gasteiger partial charge in [-0.2, -0.15) is 0 Å². The van der Waals surface area contributed by atoms with Gasteiger partial charge < -0.3 is 10.4 Å². The Labute approximate surface area is 177 Å². The lowest BCUT2D eigenvalue weighted by atomic mass is 9.82. The van der Waals surface area contributed by atoms with Crippen molar-refractivity contribution >= 4 is 51.4 Å². The van der Waals surface area contributed by atoms with Gasteiger partial charge in [0.1, 0.15) is 6.17 Å². The van der Waals surface area contributed by atoms with Crippen LogP contribution in [0.5, 0.6) is 0 Å². The molecule has 4 nitrogen and oxygen atoms in total. The van der Waals surface area contributed by atoms with Gasteiger partial charge in [0.2, 0.25) is 0 Å². The zero-order valence-electron chi connectivity index (χ0n) is 15.5. The first-order valence-corrected chi connectivity index (χ1v) is 10.2. The highest BCUT2D eigenvalue weighted by Gasteiger charge is 2.26. The number of halogens is 3. The molecule has 150 valence electrons. The van der Waals surface area contributed by atoms with E-state index in [1.165, 1.54) is 6.07 Å². The molecule has 0 bridgehead atoms. The van der Waals surface area contributed by atoms with Gasteiger partial charge in [0.05, 0.1) is 22.5 Å². The molecule has 1 aliphatic carbocycles. The molecule has 1 heterocycles. The van der Waals surface area contributed by atoms with E-state index in [0.717, 1.165) is 35.0 Å². The zero-order chi connectivity index (χ0) is 20.5. The Hall–Kier alpha value is -2.37. The molecule has 29 heavy (non-hydrogen) atoms. The number of fused-ring (bicyclic) bond motifs is 1. The average Bonchev–Trinajstić information content (AvgIpc) is 2.70. The summed E-state index contributed by atoms with van der Waals surface area (Å²) in [6, 6.07) is 10.1. The van der Waals surface area contributed by atoms with Gasteiger partial charge in [0, 0.05) is 21.6 Å². The van der Waals surface area contributed by atoms with Crippen LogP contribution >= 0.6 is 23.2 Å². The molecular weight excluding hydrogens is 414 g/mol. The van der Waals surface area contributed by atoms with Crippen LogP contribution in [-0.2, 0) is 0 Å². The molecule has 0 radical (unpaired) electrons. The Kier molecular flexibility index (Phi) is 5.61. The highest BCUT2D eigenvalue weighted by atomic mass is 35.5.